The summed E-state index contributed by atoms with van der Waals surface area (Å²) in [5, 5.41) is 22.0. The Kier molecular flexibility index (Phi) is 4.81. The van der Waals surface area contributed by atoms with Crippen LogP contribution >= 0.6 is 0 Å². The van der Waals surface area contributed by atoms with Gasteiger partial charge in [-0.3, -0.25) is 4.79 Å². The number of tetrazole rings is 1. The second-order valence-electron chi connectivity index (χ2n) is 3.88. The number of aromatic nitrogens is 4. The second-order valence-corrected chi connectivity index (χ2v) is 3.88. The van der Waals surface area contributed by atoms with Gasteiger partial charge in [-0.15, -0.1) is 5.10 Å². The smallest absolute Gasteiger partial charge is 0.246 e. The lowest BCUT2D eigenvalue weighted by atomic mass is 10.1. The molecule has 0 aliphatic rings. The molecule has 0 aliphatic carbocycles. The average molecular weight is 271 g/mol. The lowest BCUT2D eigenvalue weighted by Crippen LogP contribution is -2.19. The van der Waals surface area contributed by atoms with E-state index in [0.717, 1.165) is 0 Å². The van der Waals surface area contributed by atoms with E-state index in [1.54, 1.807) is 12.1 Å². The van der Waals surface area contributed by atoms with Crippen molar-refractivity contribution in [2.24, 2.45) is 0 Å². The topological polar surface area (TPSA) is 92.9 Å². The molecule has 7 heteroatoms. The van der Waals surface area contributed by atoms with Crippen molar-refractivity contribution in [1.29, 1.82) is 0 Å². The number of benzene rings is 1. The first kappa shape index (κ1) is 13.7. The molecule has 2 rings (SSSR count). The standard InChI is InChI=1S/C13H13N5O2/c19-8-4-3-6-11-5-1-2-7-12(11)15-13(20)9-18-10-14-16-17-18/h1-2,5,7,10,19H,4,8-9H2,(H,15,20). The zero-order chi connectivity index (χ0) is 14.2. The molecule has 0 fully saturated rings. The summed E-state index contributed by atoms with van der Waals surface area (Å²) < 4.78 is 1.33. The van der Waals surface area contributed by atoms with Gasteiger partial charge in [0.1, 0.15) is 12.9 Å². The van der Waals surface area contributed by atoms with E-state index in [1.807, 2.05) is 12.1 Å². The molecule has 102 valence electrons. The molecule has 0 aliphatic heterocycles. The lowest BCUT2D eigenvalue weighted by Gasteiger charge is -2.06. The van der Waals surface area contributed by atoms with Gasteiger partial charge in [0.2, 0.25) is 5.91 Å². The van der Waals surface area contributed by atoms with Crippen molar-refractivity contribution >= 4 is 11.6 Å². The normalized spacial score (nSPS) is 9.65. The van der Waals surface area contributed by atoms with E-state index in [1.165, 1.54) is 11.0 Å². The summed E-state index contributed by atoms with van der Waals surface area (Å²) in [4.78, 5) is 11.8. The summed E-state index contributed by atoms with van der Waals surface area (Å²) in [7, 11) is 0. The van der Waals surface area contributed by atoms with Crippen LogP contribution < -0.4 is 5.32 Å². The number of aliphatic hydroxyl groups is 1. The maximum Gasteiger partial charge on any atom is 0.246 e. The number of carbonyl (C=O) groups is 1. The van der Waals surface area contributed by atoms with Gasteiger partial charge in [0.15, 0.2) is 0 Å². The monoisotopic (exact) mass is 271 g/mol. The molecule has 0 saturated carbocycles. The first-order valence-corrected chi connectivity index (χ1v) is 5.99. The highest BCUT2D eigenvalue weighted by atomic mass is 16.2. The van der Waals surface area contributed by atoms with E-state index >= 15 is 0 Å². The predicted octanol–water partition coefficient (Wildman–Crippen LogP) is 0.0457. The summed E-state index contributed by atoms with van der Waals surface area (Å²) in [6.07, 6.45) is 1.76. The van der Waals surface area contributed by atoms with E-state index in [2.05, 4.69) is 32.7 Å². The first-order valence-electron chi connectivity index (χ1n) is 5.99. The molecule has 0 radical (unpaired) electrons. The zero-order valence-corrected chi connectivity index (χ0v) is 10.7. The van der Waals surface area contributed by atoms with Crippen LogP contribution in [0.5, 0.6) is 0 Å². The summed E-state index contributed by atoms with van der Waals surface area (Å²) in [6, 6.07) is 7.21. The highest BCUT2D eigenvalue weighted by molar-refractivity contribution is 5.91. The van der Waals surface area contributed by atoms with Crippen LogP contribution in [-0.2, 0) is 11.3 Å². The molecule has 7 nitrogen and oxygen atoms in total. The van der Waals surface area contributed by atoms with Crippen molar-refractivity contribution < 1.29 is 9.90 Å². The quantitative estimate of drug-likeness (QED) is 0.766. The van der Waals surface area contributed by atoms with Gasteiger partial charge in [0, 0.05) is 12.0 Å². The van der Waals surface area contributed by atoms with Gasteiger partial charge in [-0.1, -0.05) is 24.0 Å². The third-order valence-corrected chi connectivity index (χ3v) is 2.36. The fraction of sp³-hybridized carbons (Fsp3) is 0.231. The molecule has 0 spiro atoms. The number of aliphatic hydroxyl groups excluding tert-OH is 1. The molecule has 0 atom stereocenters. The first-order chi connectivity index (χ1) is 9.79. The van der Waals surface area contributed by atoms with E-state index in [-0.39, 0.29) is 19.1 Å². The SMILES string of the molecule is O=C(Cn1cnnn1)Nc1ccccc1C#CCCO. The summed E-state index contributed by atoms with van der Waals surface area (Å²) in [5.41, 5.74) is 1.32. The van der Waals surface area contributed by atoms with Gasteiger partial charge in [-0.2, -0.15) is 0 Å². The van der Waals surface area contributed by atoms with E-state index in [9.17, 15) is 4.79 Å². The minimum atomic E-state index is -0.242. The molecule has 1 aromatic carbocycles. The zero-order valence-electron chi connectivity index (χ0n) is 10.7. The minimum absolute atomic E-state index is 0.0147. The highest BCUT2D eigenvalue weighted by Gasteiger charge is 2.06. The average Bonchev–Trinajstić information content (AvgIpc) is 2.93. The number of hydrogen-bond donors (Lipinski definition) is 2. The van der Waals surface area contributed by atoms with E-state index < -0.39 is 0 Å². The highest BCUT2D eigenvalue weighted by Crippen LogP contribution is 2.13. The Morgan fingerprint density at radius 3 is 3.00 bits per heavy atom. The number of hydrogen-bond acceptors (Lipinski definition) is 5. The summed E-state index contributed by atoms with van der Waals surface area (Å²) in [5.74, 6) is 5.49. The van der Waals surface area contributed by atoms with Gasteiger partial charge in [-0.05, 0) is 22.6 Å². The Morgan fingerprint density at radius 2 is 2.25 bits per heavy atom. The Hall–Kier alpha value is -2.72. The van der Waals surface area contributed by atoms with Crippen molar-refractivity contribution in [1.82, 2.24) is 20.2 Å². The second kappa shape index (κ2) is 7.01. The number of rotatable bonds is 4. The van der Waals surface area contributed by atoms with Crippen LogP contribution in [0.1, 0.15) is 12.0 Å². The van der Waals surface area contributed by atoms with Crippen LogP contribution in [0.4, 0.5) is 5.69 Å². The van der Waals surface area contributed by atoms with Crippen molar-refractivity contribution in [3.8, 4) is 11.8 Å². The van der Waals surface area contributed by atoms with Crippen LogP contribution in [0.3, 0.4) is 0 Å². The number of nitrogens with one attached hydrogen (secondary N) is 1. The molecule has 0 bridgehead atoms. The van der Waals surface area contributed by atoms with Gasteiger partial charge in [0.05, 0.1) is 12.3 Å². The van der Waals surface area contributed by atoms with Crippen molar-refractivity contribution in [3.05, 3.63) is 36.2 Å². The third kappa shape index (κ3) is 3.90. The van der Waals surface area contributed by atoms with Crippen molar-refractivity contribution in [3.63, 3.8) is 0 Å². The van der Waals surface area contributed by atoms with Crippen LogP contribution in [0.25, 0.3) is 0 Å². The number of anilines is 1. The van der Waals surface area contributed by atoms with E-state index in [0.29, 0.717) is 17.7 Å². The summed E-state index contributed by atoms with van der Waals surface area (Å²) in [6.45, 7) is 0.0478. The number of carbonyl (C=O) groups excluding carboxylic acids is 1. The minimum Gasteiger partial charge on any atom is -0.395 e. The largest absolute Gasteiger partial charge is 0.395 e. The van der Waals surface area contributed by atoms with Crippen molar-refractivity contribution in [2.75, 3.05) is 11.9 Å². The maximum atomic E-state index is 11.8. The molecule has 20 heavy (non-hydrogen) atoms. The maximum absolute atomic E-state index is 11.8. The van der Waals surface area contributed by atoms with Crippen LogP contribution in [0.15, 0.2) is 30.6 Å². The Morgan fingerprint density at radius 1 is 1.40 bits per heavy atom. The molecule has 1 heterocycles. The van der Waals surface area contributed by atoms with Crippen LogP contribution in [0, 0.1) is 11.8 Å². The lowest BCUT2D eigenvalue weighted by molar-refractivity contribution is -0.116. The van der Waals surface area contributed by atoms with Crippen molar-refractivity contribution in [2.45, 2.75) is 13.0 Å². The number of amides is 1. The molecular formula is C13H13N5O2. The number of para-hydroxylation sites is 1. The van der Waals surface area contributed by atoms with Gasteiger partial charge >= 0.3 is 0 Å². The predicted molar refractivity (Wildman–Crippen MR) is 71.5 cm³/mol. The Balaban J connectivity index is 2.05. The van der Waals surface area contributed by atoms with E-state index in [4.69, 9.17) is 5.11 Å². The molecule has 2 aromatic rings. The van der Waals surface area contributed by atoms with Gasteiger partial charge in [-0.25, -0.2) is 4.68 Å². The molecule has 0 saturated heterocycles. The fourth-order valence-corrected chi connectivity index (χ4v) is 1.50. The van der Waals surface area contributed by atoms with Gasteiger partial charge < -0.3 is 10.4 Å². The van der Waals surface area contributed by atoms with Crippen LogP contribution in [0.2, 0.25) is 0 Å². The summed E-state index contributed by atoms with van der Waals surface area (Å²) >= 11 is 0. The third-order valence-electron chi connectivity index (χ3n) is 2.36. The molecular weight excluding hydrogens is 258 g/mol. The molecule has 2 N–H and O–H groups in total. The van der Waals surface area contributed by atoms with Crippen LogP contribution in [-0.4, -0.2) is 37.8 Å². The van der Waals surface area contributed by atoms with Gasteiger partial charge in [0.25, 0.3) is 0 Å². The fourth-order valence-electron chi connectivity index (χ4n) is 1.50. The molecule has 1 amide bonds. The molecule has 1 aromatic heterocycles. The Labute approximate surface area is 115 Å². The Bertz CT molecular complexity index is 628. The number of nitrogens with zero attached hydrogens (tertiary/aromatic N) is 4. The molecule has 0 unspecified atom stereocenters.